The number of aryl methyl sites for hydroxylation is 1. The Kier molecular flexibility index (Phi) is 6.70. The molecule has 8 heteroatoms. The Hall–Kier alpha value is -1.80. The minimum atomic E-state index is -4.31. The molecule has 3 aliphatic rings. The fourth-order valence-corrected chi connectivity index (χ4v) is 5.84. The van der Waals surface area contributed by atoms with Gasteiger partial charge in [0.2, 0.25) is 0 Å². The Morgan fingerprint density at radius 3 is 2.35 bits per heavy atom. The molecule has 190 valence electrons. The first-order valence-corrected chi connectivity index (χ1v) is 12.5. The number of halogens is 3. The molecule has 4 rings (SSSR count). The number of nitrogens with zero attached hydrogens (tertiary/aromatic N) is 3. The highest BCUT2D eigenvalue weighted by molar-refractivity contribution is 5.68. The van der Waals surface area contributed by atoms with E-state index in [4.69, 9.17) is 4.74 Å². The first-order chi connectivity index (χ1) is 15.8. The molecule has 1 aliphatic carbocycles. The van der Waals surface area contributed by atoms with Gasteiger partial charge in [-0.25, -0.2) is 4.79 Å². The number of amides is 1. The molecule has 1 aromatic rings. The van der Waals surface area contributed by atoms with Crippen LogP contribution in [-0.4, -0.2) is 70.7 Å². The van der Waals surface area contributed by atoms with Gasteiger partial charge in [0.25, 0.3) is 0 Å². The largest absolute Gasteiger partial charge is 0.444 e. The second kappa shape index (κ2) is 9.01. The summed E-state index contributed by atoms with van der Waals surface area (Å²) in [5, 5.41) is 0. The summed E-state index contributed by atoms with van der Waals surface area (Å²) in [6.45, 7) is 14.1. The standard InChI is InChI=1S/C26H38F3N3O2/c1-18-17-31(25(5)10-12-30(13-11-25)23(33)34-24(2,3)4)14-15-32(18)22-9-7-19-6-8-20(16-21(19)22)26(27,28)29/h6,8,16,18,22H,7,9-15,17H2,1-5H3/t18-,22?/m0/s1. The second-order valence-corrected chi connectivity index (χ2v) is 11.5. The highest BCUT2D eigenvalue weighted by Crippen LogP contribution is 2.42. The smallest absolute Gasteiger partial charge is 0.416 e. The Balaban J connectivity index is 1.38. The molecule has 2 atom stereocenters. The van der Waals surface area contributed by atoms with E-state index in [1.165, 1.54) is 12.1 Å². The van der Waals surface area contributed by atoms with Gasteiger partial charge in [-0.15, -0.1) is 0 Å². The first kappa shape index (κ1) is 25.3. The van der Waals surface area contributed by atoms with Crippen LogP contribution in [0.2, 0.25) is 0 Å². The van der Waals surface area contributed by atoms with Gasteiger partial charge < -0.3 is 9.64 Å². The number of piperazine rings is 1. The number of rotatable bonds is 2. The number of carbonyl (C=O) groups is 1. The van der Waals surface area contributed by atoms with Gasteiger partial charge in [-0.05, 0) is 83.6 Å². The van der Waals surface area contributed by atoms with Crippen molar-refractivity contribution >= 4 is 6.09 Å². The number of carbonyl (C=O) groups excluding carboxylic acids is 1. The molecule has 0 aromatic heterocycles. The third kappa shape index (κ3) is 5.23. The van der Waals surface area contributed by atoms with Crippen molar-refractivity contribution in [2.45, 2.75) is 89.7 Å². The number of hydrogen-bond donors (Lipinski definition) is 0. The fraction of sp³-hybridized carbons (Fsp3) is 0.731. The normalized spacial score (nSPS) is 26.4. The third-order valence-electron chi connectivity index (χ3n) is 7.85. The number of hydrogen-bond acceptors (Lipinski definition) is 4. The van der Waals surface area contributed by atoms with Crippen LogP contribution in [0.3, 0.4) is 0 Å². The minimum absolute atomic E-state index is 0.00982. The quantitative estimate of drug-likeness (QED) is 0.560. The molecule has 0 spiro atoms. The van der Waals surface area contributed by atoms with Gasteiger partial charge in [0.05, 0.1) is 5.56 Å². The lowest BCUT2D eigenvalue weighted by atomic mass is 9.86. The summed E-state index contributed by atoms with van der Waals surface area (Å²) in [7, 11) is 0. The van der Waals surface area contributed by atoms with Crippen LogP contribution in [0.5, 0.6) is 0 Å². The summed E-state index contributed by atoms with van der Waals surface area (Å²) in [6, 6.07) is 4.56. The summed E-state index contributed by atoms with van der Waals surface area (Å²) in [5.41, 5.74) is 0.869. The molecule has 2 fully saturated rings. The lowest BCUT2D eigenvalue weighted by Gasteiger charge is -2.52. The molecule has 1 unspecified atom stereocenters. The number of benzene rings is 1. The van der Waals surface area contributed by atoms with E-state index in [0.717, 1.165) is 56.4 Å². The van der Waals surface area contributed by atoms with Crippen molar-refractivity contribution in [1.29, 1.82) is 0 Å². The predicted octanol–water partition coefficient (Wildman–Crippen LogP) is 5.49. The van der Waals surface area contributed by atoms with Crippen LogP contribution >= 0.6 is 0 Å². The number of fused-ring (bicyclic) bond motifs is 1. The molecule has 34 heavy (non-hydrogen) atoms. The molecule has 1 aromatic carbocycles. The van der Waals surface area contributed by atoms with E-state index in [2.05, 4.69) is 23.6 Å². The fourth-order valence-electron chi connectivity index (χ4n) is 5.84. The van der Waals surface area contributed by atoms with Crippen molar-refractivity contribution in [1.82, 2.24) is 14.7 Å². The van der Waals surface area contributed by atoms with Gasteiger partial charge in [-0.3, -0.25) is 9.80 Å². The van der Waals surface area contributed by atoms with Crippen molar-refractivity contribution < 1.29 is 22.7 Å². The zero-order valence-corrected chi connectivity index (χ0v) is 21.0. The molecular formula is C26H38F3N3O2. The van der Waals surface area contributed by atoms with Crippen LogP contribution < -0.4 is 0 Å². The SMILES string of the molecule is C[C@H]1CN(C2(C)CCN(C(=O)OC(C)(C)C)CC2)CCN1C1CCc2ccc(C(F)(F)F)cc21. The molecule has 2 aliphatic heterocycles. The van der Waals surface area contributed by atoms with Gasteiger partial charge in [-0.1, -0.05) is 6.07 Å². The lowest BCUT2D eigenvalue weighted by Crippen LogP contribution is -2.62. The average molecular weight is 482 g/mol. The first-order valence-electron chi connectivity index (χ1n) is 12.5. The van der Waals surface area contributed by atoms with Crippen LogP contribution in [0.4, 0.5) is 18.0 Å². The topological polar surface area (TPSA) is 36.0 Å². The highest BCUT2D eigenvalue weighted by Gasteiger charge is 2.43. The van der Waals surface area contributed by atoms with Crippen molar-refractivity contribution in [2.75, 3.05) is 32.7 Å². The summed E-state index contributed by atoms with van der Waals surface area (Å²) in [4.78, 5) is 19.2. The van der Waals surface area contributed by atoms with Crippen LogP contribution in [0.1, 0.15) is 76.6 Å². The van der Waals surface area contributed by atoms with Crippen molar-refractivity contribution in [2.24, 2.45) is 0 Å². The molecule has 2 saturated heterocycles. The Labute approximate surface area is 201 Å². The molecule has 0 radical (unpaired) electrons. The molecule has 0 N–H and O–H groups in total. The molecule has 2 heterocycles. The van der Waals surface area contributed by atoms with Crippen molar-refractivity contribution in [3.05, 3.63) is 34.9 Å². The number of likely N-dealkylation sites (tertiary alicyclic amines) is 1. The van der Waals surface area contributed by atoms with E-state index in [-0.39, 0.29) is 23.7 Å². The maximum absolute atomic E-state index is 13.3. The highest BCUT2D eigenvalue weighted by atomic mass is 19.4. The van der Waals surface area contributed by atoms with E-state index in [0.29, 0.717) is 13.1 Å². The van der Waals surface area contributed by atoms with E-state index < -0.39 is 17.3 Å². The molecule has 5 nitrogen and oxygen atoms in total. The van der Waals surface area contributed by atoms with Crippen LogP contribution in [0.25, 0.3) is 0 Å². The molecule has 1 amide bonds. The van der Waals surface area contributed by atoms with Crippen LogP contribution in [0.15, 0.2) is 18.2 Å². The van der Waals surface area contributed by atoms with Gasteiger partial charge in [-0.2, -0.15) is 13.2 Å². The average Bonchev–Trinajstić information content (AvgIpc) is 3.15. The Morgan fingerprint density at radius 1 is 1.09 bits per heavy atom. The number of ether oxygens (including phenoxy) is 1. The van der Waals surface area contributed by atoms with E-state index in [9.17, 15) is 18.0 Å². The monoisotopic (exact) mass is 481 g/mol. The predicted molar refractivity (Wildman–Crippen MR) is 126 cm³/mol. The summed E-state index contributed by atoms with van der Waals surface area (Å²) >= 11 is 0. The summed E-state index contributed by atoms with van der Waals surface area (Å²) in [5.74, 6) is 0. The Bertz CT molecular complexity index is 904. The van der Waals surface area contributed by atoms with E-state index >= 15 is 0 Å². The number of piperidine rings is 1. The van der Waals surface area contributed by atoms with E-state index in [1.807, 2.05) is 20.8 Å². The van der Waals surface area contributed by atoms with Gasteiger partial charge in [0.1, 0.15) is 5.60 Å². The van der Waals surface area contributed by atoms with Gasteiger partial charge >= 0.3 is 12.3 Å². The molecule has 0 bridgehead atoms. The molecule has 0 saturated carbocycles. The lowest BCUT2D eigenvalue weighted by molar-refractivity contribution is -0.137. The summed E-state index contributed by atoms with van der Waals surface area (Å²) < 4.78 is 45.5. The summed E-state index contributed by atoms with van der Waals surface area (Å²) in [6.07, 6.45) is -1.06. The number of alkyl halides is 3. The molecular weight excluding hydrogens is 443 g/mol. The van der Waals surface area contributed by atoms with Crippen molar-refractivity contribution in [3.8, 4) is 0 Å². The zero-order chi connectivity index (χ0) is 24.9. The van der Waals surface area contributed by atoms with Gasteiger partial charge in [0.15, 0.2) is 0 Å². The van der Waals surface area contributed by atoms with Crippen LogP contribution in [-0.2, 0) is 17.3 Å². The maximum Gasteiger partial charge on any atom is 0.416 e. The zero-order valence-electron chi connectivity index (χ0n) is 21.0. The van der Waals surface area contributed by atoms with Crippen LogP contribution in [0, 0.1) is 0 Å². The minimum Gasteiger partial charge on any atom is -0.444 e. The van der Waals surface area contributed by atoms with Crippen molar-refractivity contribution in [3.63, 3.8) is 0 Å². The Morgan fingerprint density at radius 2 is 1.76 bits per heavy atom. The second-order valence-electron chi connectivity index (χ2n) is 11.5. The van der Waals surface area contributed by atoms with Gasteiger partial charge in [0, 0.05) is 50.3 Å². The maximum atomic E-state index is 13.3. The van der Waals surface area contributed by atoms with E-state index in [1.54, 1.807) is 11.0 Å². The third-order valence-corrected chi connectivity index (χ3v) is 7.85.